The highest BCUT2D eigenvalue weighted by Gasteiger charge is 2.16. The van der Waals surface area contributed by atoms with Gasteiger partial charge < -0.3 is 14.4 Å². The number of benzene rings is 2. The second-order valence-electron chi connectivity index (χ2n) is 6.83. The lowest BCUT2D eigenvalue weighted by molar-refractivity contribution is 0.0761. The first kappa shape index (κ1) is 18.1. The first-order valence-corrected chi connectivity index (χ1v) is 8.84. The van der Waals surface area contributed by atoms with E-state index in [1.54, 1.807) is 30.1 Å². The predicted molar refractivity (Wildman–Crippen MR) is 101 cm³/mol. The number of aliphatic hydroxyl groups excluding tert-OH is 1. The van der Waals surface area contributed by atoms with Gasteiger partial charge in [-0.2, -0.15) is 0 Å². The van der Waals surface area contributed by atoms with Crippen LogP contribution in [0.1, 0.15) is 54.1 Å². The van der Waals surface area contributed by atoms with Gasteiger partial charge in [-0.25, -0.2) is 4.98 Å². The zero-order chi connectivity index (χ0) is 18.7. The van der Waals surface area contributed by atoms with Gasteiger partial charge in [-0.05, 0) is 30.2 Å². The van der Waals surface area contributed by atoms with Gasteiger partial charge >= 0.3 is 0 Å². The number of aliphatic hydroxyl groups is 1. The van der Waals surface area contributed by atoms with Crippen molar-refractivity contribution in [1.82, 2.24) is 9.88 Å². The summed E-state index contributed by atoms with van der Waals surface area (Å²) < 4.78 is 5.68. The minimum absolute atomic E-state index is 0.0961. The molecule has 3 rings (SSSR count). The van der Waals surface area contributed by atoms with Crippen molar-refractivity contribution in [2.75, 3.05) is 13.6 Å². The molecule has 0 fully saturated rings. The summed E-state index contributed by atoms with van der Waals surface area (Å²) in [6.07, 6.45) is -0.103. The van der Waals surface area contributed by atoms with E-state index in [2.05, 4.69) is 4.98 Å². The quantitative estimate of drug-likeness (QED) is 0.724. The van der Waals surface area contributed by atoms with Crippen LogP contribution in [-0.2, 0) is 0 Å². The number of amides is 1. The summed E-state index contributed by atoms with van der Waals surface area (Å²) in [5.41, 5.74) is 2.81. The lowest BCUT2D eigenvalue weighted by atomic mass is 10.1. The van der Waals surface area contributed by atoms with Gasteiger partial charge in [-0.15, -0.1) is 0 Å². The van der Waals surface area contributed by atoms with E-state index in [-0.39, 0.29) is 11.8 Å². The molecule has 5 heteroatoms. The van der Waals surface area contributed by atoms with Gasteiger partial charge in [0.2, 0.25) is 0 Å². The predicted octanol–water partition coefficient (Wildman–Crippen LogP) is 4.15. The zero-order valence-corrected chi connectivity index (χ0v) is 15.3. The fourth-order valence-corrected chi connectivity index (χ4v) is 2.80. The first-order valence-electron chi connectivity index (χ1n) is 8.84. The highest BCUT2D eigenvalue weighted by atomic mass is 16.3. The van der Waals surface area contributed by atoms with Crippen molar-refractivity contribution in [3.05, 3.63) is 65.5 Å². The Bertz CT molecular complexity index is 887. The molecule has 0 spiro atoms. The van der Waals surface area contributed by atoms with E-state index >= 15 is 0 Å². The van der Waals surface area contributed by atoms with Gasteiger partial charge in [-0.3, -0.25) is 4.79 Å². The minimum Gasteiger partial charge on any atom is -0.440 e. The lowest BCUT2D eigenvalue weighted by Gasteiger charge is -2.19. The number of rotatable bonds is 6. The summed E-state index contributed by atoms with van der Waals surface area (Å²) in [4.78, 5) is 18.7. The number of aromatic nitrogens is 1. The molecule has 5 nitrogen and oxygen atoms in total. The lowest BCUT2D eigenvalue weighted by Crippen LogP contribution is -2.28. The summed E-state index contributed by atoms with van der Waals surface area (Å²) in [6.45, 7) is 4.49. The van der Waals surface area contributed by atoms with Crippen LogP contribution in [0.2, 0.25) is 0 Å². The SMILES string of the molecule is CC(C)c1nc2cc(C(=O)N(C)CC[C@H](O)c3ccccc3)ccc2o1. The van der Waals surface area contributed by atoms with Crippen LogP contribution in [0.3, 0.4) is 0 Å². The van der Waals surface area contributed by atoms with E-state index in [0.717, 1.165) is 5.56 Å². The van der Waals surface area contributed by atoms with Crippen LogP contribution >= 0.6 is 0 Å². The van der Waals surface area contributed by atoms with Gasteiger partial charge in [0.25, 0.3) is 5.91 Å². The van der Waals surface area contributed by atoms with Crippen LogP contribution in [0.25, 0.3) is 11.1 Å². The molecular weight excluding hydrogens is 328 g/mol. The number of hydrogen-bond donors (Lipinski definition) is 1. The molecule has 1 aromatic heterocycles. The standard InChI is InChI=1S/C21H24N2O3/c1-14(2)20-22-17-13-16(9-10-19(17)26-20)21(25)23(3)12-11-18(24)15-7-5-4-6-8-15/h4-10,13-14,18,24H,11-12H2,1-3H3/t18-/m0/s1. The van der Waals surface area contributed by atoms with Crippen molar-refractivity contribution < 1.29 is 14.3 Å². The molecule has 1 heterocycles. The number of oxazole rings is 1. The second kappa shape index (κ2) is 7.70. The number of carbonyl (C=O) groups excluding carboxylic acids is 1. The largest absolute Gasteiger partial charge is 0.440 e. The summed E-state index contributed by atoms with van der Waals surface area (Å²) in [6, 6.07) is 14.8. The highest BCUT2D eigenvalue weighted by molar-refractivity contribution is 5.97. The van der Waals surface area contributed by atoms with Crippen LogP contribution in [0.15, 0.2) is 52.9 Å². The molecule has 0 unspecified atom stereocenters. The van der Waals surface area contributed by atoms with Crippen LogP contribution in [0, 0.1) is 0 Å². The Morgan fingerprint density at radius 2 is 1.92 bits per heavy atom. The fourth-order valence-electron chi connectivity index (χ4n) is 2.80. The number of fused-ring (bicyclic) bond motifs is 1. The molecule has 3 aromatic rings. The van der Waals surface area contributed by atoms with Crippen LogP contribution in [0.4, 0.5) is 0 Å². The molecule has 0 radical (unpaired) electrons. The molecule has 0 saturated heterocycles. The Kier molecular flexibility index (Phi) is 5.38. The topological polar surface area (TPSA) is 66.6 Å². The summed E-state index contributed by atoms with van der Waals surface area (Å²) in [5.74, 6) is 0.772. The summed E-state index contributed by atoms with van der Waals surface area (Å²) in [5, 5.41) is 10.3. The molecule has 0 aliphatic rings. The Morgan fingerprint density at radius 3 is 2.62 bits per heavy atom. The van der Waals surface area contributed by atoms with Crippen molar-refractivity contribution in [1.29, 1.82) is 0 Å². The Balaban J connectivity index is 1.67. The summed E-state index contributed by atoms with van der Waals surface area (Å²) in [7, 11) is 1.74. The molecule has 1 N–H and O–H groups in total. The van der Waals surface area contributed by atoms with E-state index in [9.17, 15) is 9.90 Å². The second-order valence-corrected chi connectivity index (χ2v) is 6.83. The third-order valence-corrected chi connectivity index (χ3v) is 4.41. The third-order valence-electron chi connectivity index (χ3n) is 4.41. The van der Waals surface area contributed by atoms with E-state index < -0.39 is 6.10 Å². The third kappa shape index (κ3) is 3.94. The van der Waals surface area contributed by atoms with Crippen LogP contribution in [-0.4, -0.2) is 34.5 Å². The smallest absolute Gasteiger partial charge is 0.253 e. The van der Waals surface area contributed by atoms with Crippen LogP contribution < -0.4 is 0 Å². The van der Waals surface area contributed by atoms with Gasteiger partial charge in [0, 0.05) is 25.1 Å². The number of hydrogen-bond acceptors (Lipinski definition) is 4. The van der Waals surface area contributed by atoms with E-state index in [0.29, 0.717) is 35.5 Å². The zero-order valence-electron chi connectivity index (χ0n) is 15.3. The number of nitrogens with zero attached hydrogens (tertiary/aromatic N) is 2. The van der Waals surface area contributed by atoms with Crippen molar-refractivity contribution in [2.45, 2.75) is 32.3 Å². The highest BCUT2D eigenvalue weighted by Crippen LogP contribution is 2.23. The van der Waals surface area contributed by atoms with Gasteiger partial charge in [0.05, 0.1) is 6.10 Å². The maximum atomic E-state index is 12.7. The van der Waals surface area contributed by atoms with Crippen molar-refractivity contribution in [3.8, 4) is 0 Å². The Morgan fingerprint density at radius 1 is 1.19 bits per heavy atom. The van der Waals surface area contributed by atoms with Crippen molar-refractivity contribution in [3.63, 3.8) is 0 Å². The Hall–Kier alpha value is -2.66. The van der Waals surface area contributed by atoms with Gasteiger partial charge in [0.15, 0.2) is 11.5 Å². The fraction of sp³-hybridized carbons (Fsp3) is 0.333. The molecule has 1 atom stereocenters. The molecule has 26 heavy (non-hydrogen) atoms. The maximum absolute atomic E-state index is 12.7. The van der Waals surface area contributed by atoms with Crippen molar-refractivity contribution in [2.24, 2.45) is 0 Å². The van der Waals surface area contributed by atoms with Crippen LogP contribution in [0.5, 0.6) is 0 Å². The molecule has 136 valence electrons. The van der Waals surface area contributed by atoms with E-state index in [4.69, 9.17) is 4.42 Å². The molecule has 0 aliphatic carbocycles. The first-order chi connectivity index (χ1) is 12.5. The van der Waals surface area contributed by atoms with Gasteiger partial charge in [0.1, 0.15) is 5.52 Å². The summed E-state index contributed by atoms with van der Waals surface area (Å²) >= 11 is 0. The average Bonchev–Trinajstić information content (AvgIpc) is 3.09. The molecule has 0 aliphatic heterocycles. The average molecular weight is 352 g/mol. The molecule has 1 amide bonds. The minimum atomic E-state index is -0.585. The molecule has 0 bridgehead atoms. The van der Waals surface area contributed by atoms with E-state index in [1.165, 1.54) is 0 Å². The normalized spacial score (nSPS) is 12.5. The monoisotopic (exact) mass is 352 g/mol. The van der Waals surface area contributed by atoms with Gasteiger partial charge in [-0.1, -0.05) is 44.2 Å². The number of carbonyl (C=O) groups is 1. The molecule has 2 aromatic carbocycles. The molecule has 0 saturated carbocycles. The van der Waals surface area contributed by atoms with Crippen molar-refractivity contribution >= 4 is 17.0 Å². The Labute approximate surface area is 153 Å². The maximum Gasteiger partial charge on any atom is 0.253 e. The van der Waals surface area contributed by atoms with E-state index in [1.807, 2.05) is 44.2 Å². The molecular formula is C21H24N2O3.